The molecule has 542 valence electrons. The molecule has 5 rings (SSSR count). The van der Waals surface area contributed by atoms with Crippen molar-refractivity contribution in [1.29, 1.82) is 0 Å². The molecule has 2 aromatic carbocycles. The van der Waals surface area contributed by atoms with Crippen LogP contribution in [0.15, 0.2) is 60.0 Å². The van der Waals surface area contributed by atoms with Gasteiger partial charge in [0.25, 0.3) is 0 Å². The highest BCUT2D eigenvalue weighted by Crippen LogP contribution is 2.44. The topological polar surface area (TPSA) is 55.4 Å². The molecule has 0 spiro atoms. The Balaban J connectivity index is 1.36. The fraction of sp³-hybridized carbons (Fsp3) is 0.682. The predicted molar refractivity (Wildman–Crippen MR) is 424 cm³/mol. The van der Waals surface area contributed by atoms with E-state index in [-0.39, 0.29) is 0 Å². The molecule has 0 unspecified atom stereocenters. The number of hydrogen-bond acceptors (Lipinski definition) is 9. The van der Waals surface area contributed by atoms with Gasteiger partial charge in [0.1, 0.15) is 0 Å². The molecule has 0 saturated heterocycles. The third-order valence-corrected chi connectivity index (χ3v) is 21.7. The molecular weight excluding hydrogens is 1250 g/mol. The lowest BCUT2D eigenvalue weighted by atomic mass is 10.1. The van der Waals surface area contributed by atoms with E-state index in [1.54, 1.807) is 34.0 Å². The minimum atomic E-state index is 0.654. The first-order valence-corrected chi connectivity index (χ1v) is 43.0. The molecule has 0 saturated carbocycles. The lowest BCUT2D eigenvalue weighted by Crippen LogP contribution is -2.07. The fourth-order valence-corrected chi connectivity index (χ4v) is 15.4. The largest absolute Gasteiger partial charge is 0.490 e. The predicted octanol–water partition coefficient (Wildman–Crippen LogP) is 29.1. The van der Waals surface area contributed by atoms with Gasteiger partial charge in [-0.05, 0) is 98.5 Å². The first kappa shape index (κ1) is 83.1. The lowest BCUT2D eigenvalue weighted by Gasteiger charge is -2.18. The third kappa shape index (κ3) is 37.6. The molecule has 9 heteroatoms. The van der Waals surface area contributed by atoms with Crippen LogP contribution in [0.25, 0.3) is 20.2 Å². The van der Waals surface area contributed by atoms with Crippen LogP contribution in [0.5, 0.6) is 34.5 Å². The number of ether oxygens (including phenoxy) is 6. The normalized spacial score (nSPS) is 11.2. The Kier molecular flexibility index (Phi) is 49.0. The molecule has 5 aromatic rings. The molecule has 0 aliphatic heterocycles. The minimum Gasteiger partial charge on any atom is -0.490 e. The molecule has 0 aliphatic rings. The Hall–Kier alpha value is -4.54. The van der Waals surface area contributed by atoms with Crippen molar-refractivity contribution < 1.29 is 28.4 Å². The van der Waals surface area contributed by atoms with Gasteiger partial charge in [0, 0.05) is 26.4 Å². The van der Waals surface area contributed by atoms with Gasteiger partial charge in [-0.25, -0.2) is 0 Å². The van der Waals surface area contributed by atoms with E-state index < -0.39 is 0 Å². The second-order valence-corrected chi connectivity index (χ2v) is 30.6. The van der Waals surface area contributed by atoms with Gasteiger partial charge in [0.15, 0.2) is 23.0 Å². The average Bonchev–Trinajstić information content (AvgIpc) is 1.78. The summed E-state index contributed by atoms with van der Waals surface area (Å²) in [6, 6.07) is 19.5. The number of thiophene rings is 3. The maximum atomic E-state index is 6.71. The first-order chi connectivity index (χ1) is 48.0. The molecule has 3 aromatic heterocycles. The van der Waals surface area contributed by atoms with Crippen molar-refractivity contribution in [3.63, 3.8) is 0 Å². The summed E-state index contributed by atoms with van der Waals surface area (Å²) >= 11 is 5.29. The van der Waals surface area contributed by atoms with Gasteiger partial charge in [-0.15, -0.1) is 34.0 Å². The molecule has 0 aliphatic carbocycles. The van der Waals surface area contributed by atoms with Crippen LogP contribution in [0.3, 0.4) is 0 Å². The van der Waals surface area contributed by atoms with Crippen molar-refractivity contribution in [2.75, 3.05) is 39.6 Å². The SMILES string of the molecule is CCCCCCCCCCOc1cc(C#Cc2ccc(-c3ccsc3-c3ccc(C#Cc4cc(OCCCCCCCCCC)c(OCCCCCCCCCC)c(OCCCCCCCCCC)c4)s3)s2)cc(OCCCCCCCCCC)c1OCCCCCCCCCC. The maximum Gasteiger partial charge on any atom is 0.203 e. The molecule has 0 fully saturated rings. The van der Waals surface area contributed by atoms with Crippen molar-refractivity contribution in [3.8, 4) is 78.4 Å². The first-order valence-electron chi connectivity index (χ1n) is 40.5. The summed E-state index contributed by atoms with van der Waals surface area (Å²) < 4.78 is 40.2. The van der Waals surface area contributed by atoms with Gasteiger partial charge in [0.2, 0.25) is 11.5 Å². The molecule has 3 heterocycles. The maximum absolute atomic E-state index is 6.71. The van der Waals surface area contributed by atoms with Crippen LogP contribution < -0.4 is 28.4 Å². The van der Waals surface area contributed by atoms with E-state index in [9.17, 15) is 0 Å². The molecule has 0 bridgehead atoms. The van der Waals surface area contributed by atoms with E-state index >= 15 is 0 Å². The summed E-state index contributed by atoms with van der Waals surface area (Å²) in [4.78, 5) is 5.72. The van der Waals surface area contributed by atoms with Gasteiger partial charge in [0.05, 0.1) is 54.3 Å². The minimum absolute atomic E-state index is 0.654. The van der Waals surface area contributed by atoms with E-state index in [4.69, 9.17) is 28.4 Å². The smallest absolute Gasteiger partial charge is 0.203 e. The number of benzene rings is 2. The average molecular weight is 1390 g/mol. The van der Waals surface area contributed by atoms with Gasteiger partial charge >= 0.3 is 0 Å². The van der Waals surface area contributed by atoms with Gasteiger partial charge in [-0.2, -0.15) is 0 Å². The van der Waals surface area contributed by atoms with E-state index in [1.165, 1.54) is 290 Å². The van der Waals surface area contributed by atoms with E-state index in [0.29, 0.717) is 39.6 Å². The zero-order valence-corrected chi connectivity index (χ0v) is 65.1. The summed E-state index contributed by atoms with van der Waals surface area (Å²) in [5.74, 6) is 18.8. The Morgan fingerprint density at radius 3 is 0.794 bits per heavy atom. The molecule has 97 heavy (non-hydrogen) atoms. The molecular formula is C88H136O6S3. The Labute approximate surface area is 607 Å². The van der Waals surface area contributed by atoms with Gasteiger partial charge in [-0.3, -0.25) is 0 Å². The second kappa shape index (κ2) is 57.1. The van der Waals surface area contributed by atoms with Crippen LogP contribution in [0.1, 0.15) is 371 Å². The molecule has 0 N–H and O–H groups in total. The Morgan fingerprint density at radius 2 is 0.505 bits per heavy atom. The van der Waals surface area contributed by atoms with Crippen molar-refractivity contribution in [1.82, 2.24) is 0 Å². The van der Waals surface area contributed by atoms with Crippen LogP contribution in [0.4, 0.5) is 0 Å². The monoisotopic (exact) mass is 1380 g/mol. The van der Waals surface area contributed by atoms with E-state index in [1.807, 2.05) is 0 Å². The summed E-state index contributed by atoms with van der Waals surface area (Å²) in [6.07, 6.45) is 60.4. The Morgan fingerprint density at radius 1 is 0.258 bits per heavy atom. The zero-order valence-electron chi connectivity index (χ0n) is 62.6. The highest BCUT2D eigenvalue weighted by Gasteiger charge is 2.19. The number of rotatable bonds is 62. The van der Waals surface area contributed by atoms with Crippen LogP contribution in [0.2, 0.25) is 0 Å². The van der Waals surface area contributed by atoms with Crippen molar-refractivity contribution in [2.45, 2.75) is 350 Å². The van der Waals surface area contributed by atoms with Crippen molar-refractivity contribution in [2.24, 2.45) is 0 Å². The van der Waals surface area contributed by atoms with Gasteiger partial charge in [-0.1, -0.05) is 335 Å². The Bertz CT molecular complexity index is 2560. The molecule has 0 atom stereocenters. The second-order valence-electron chi connectivity index (χ2n) is 27.5. The summed E-state index contributed by atoms with van der Waals surface area (Å²) in [6.45, 7) is 17.7. The van der Waals surface area contributed by atoms with Crippen LogP contribution in [0, 0.1) is 23.7 Å². The summed E-state index contributed by atoms with van der Waals surface area (Å²) in [5, 5.41) is 2.21. The summed E-state index contributed by atoms with van der Waals surface area (Å²) in [5.41, 5.74) is 3.01. The molecule has 0 amide bonds. The van der Waals surface area contributed by atoms with E-state index in [2.05, 4.69) is 125 Å². The number of hydrogen-bond donors (Lipinski definition) is 0. The number of unbranched alkanes of at least 4 members (excludes halogenated alkanes) is 42. The summed E-state index contributed by atoms with van der Waals surface area (Å²) in [7, 11) is 0. The lowest BCUT2D eigenvalue weighted by molar-refractivity contribution is 0.234. The van der Waals surface area contributed by atoms with Crippen LogP contribution in [-0.4, -0.2) is 39.6 Å². The van der Waals surface area contributed by atoms with Crippen LogP contribution in [-0.2, 0) is 0 Å². The quantitative estimate of drug-likeness (QED) is 0.0286. The molecule has 0 radical (unpaired) electrons. The fourth-order valence-electron chi connectivity index (χ4n) is 12.5. The van der Waals surface area contributed by atoms with Crippen molar-refractivity contribution in [3.05, 3.63) is 80.9 Å². The standard InChI is InChI=1S/C88H136O6S3/c1-7-13-19-25-31-37-43-49-64-89-80-71-75(72-81(90-65-50-44-38-32-26-20-14-8-2)86(80)93-68-53-47-41-35-29-23-17-11-5)55-57-77-59-61-84(96-77)79-63-70-95-88(79)85-62-60-78(97-85)58-56-76-73-82(91-66-51-45-39-33-27-21-15-9-3)87(94-69-54-48-42-36-30-24-18-12-6)83(74-76)92-67-52-46-40-34-28-22-16-10-4/h59-63,70-74H,7-54,64-69H2,1-6H3. The highest BCUT2D eigenvalue weighted by molar-refractivity contribution is 7.22. The van der Waals surface area contributed by atoms with Gasteiger partial charge < -0.3 is 28.4 Å². The highest BCUT2D eigenvalue weighted by atomic mass is 32.1. The van der Waals surface area contributed by atoms with Crippen LogP contribution >= 0.6 is 34.0 Å². The molecule has 6 nitrogen and oxygen atoms in total. The van der Waals surface area contributed by atoms with Crippen molar-refractivity contribution >= 4 is 34.0 Å². The zero-order chi connectivity index (χ0) is 68.5. The third-order valence-electron chi connectivity index (χ3n) is 18.6. The van der Waals surface area contributed by atoms with E-state index in [0.717, 1.165) is 93.9 Å².